The fourth-order valence-corrected chi connectivity index (χ4v) is 7.92. The Balaban J connectivity index is 1.21. The molecule has 1 aromatic heterocycles. The van der Waals surface area contributed by atoms with E-state index in [9.17, 15) is 14.0 Å². The third-order valence-electron chi connectivity index (χ3n) is 10.2. The van der Waals surface area contributed by atoms with Crippen LogP contribution in [0.5, 0.6) is 0 Å². The first-order chi connectivity index (χ1) is 20.9. The van der Waals surface area contributed by atoms with Gasteiger partial charge in [-0.25, -0.2) is 13.6 Å². The summed E-state index contributed by atoms with van der Waals surface area (Å²) in [5.41, 5.74) is 2.14. The van der Waals surface area contributed by atoms with Gasteiger partial charge in [0.05, 0.1) is 6.04 Å². The van der Waals surface area contributed by atoms with E-state index < -0.39 is 17.7 Å². The predicted molar refractivity (Wildman–Crippen MR) is 165 cm³/mol. The Morgan fingerprint density at radius 2 is 1.77 bits per heavy atom. The topological polar surface area (TPSA) is 57.6 Å². The van der Waals surface area contributed by atoms with E-state index in [0.29, 0.717) is 32.6 Å². The van der Waals surface area contributed by atoms with Crippen molar-refractivity contribution in [2.45, 2.75) is 70.5 Å². The van der Waals surface area contributed by atoms with E-state index in [1.807, 2.05) is 59.0 Å². The summed E-state index contributed by atoms with van der Waals surface area (Å²) in [6.45, 7) is 5.18. The number of urea groups is 1. The number of likely N-dealkylation sites (tertiary alicyclic amines) is 2. The number of halogens is 2. The second-order valence-electron chi connectivity index (χ2n) is 12.7. The summed E-state index contributed by atoms with van der Waals surface area (Å²) in [5.74, 6) is -0.682. The Morgan fingerprint density at radius 3 is 2.51 bits per heavy atom. The van der Waals surface area contributed by atoms with Crippen molar-refractivity contribution in [3.8, 4) is 11.1 Å². The maximum atomic E-state index is 15.0. The Morgan fingerprint density at radius 1 is 0.977 bits per heavy atom. The molecule has 43 heavy (non-hydrogen) atoms. The van der Waals surface area contributed by atoms with Crippen LogP contribution in [0, 0.1) is 23.0 Å². The lowest BCUT2D eigenvalue weighted by molar-refractivity contribution is 0.0205. The van der Waals surface area contributed by atoms with Crippen LogP contribution in [0.2, 0.25) is 0 Å². The number of hydrogen-bond donors (Lipinski definition) is 1. The largest absolute Gasteiger partial charge is 0.324 e. The van der Waals surface area contributed by atoms with Gasteiger partial charge in [-0.2, -0.15) is 0 Å². The van der Waals surface area contributed by atoms with Crippen molar-refractivity contribution in [3.63, 3.8) is 0 Å². The quantitative estimate of drug-likeness (QED) is 0.353. The molecule has 3 atom stereocenters. The van der Waals surface area contributed by atoms with Gasteiger partial charge in [-0.15, -0.1) is 0 Å². The highest BCUT2D eigenvalue weighted by Gasteiger charge is 2.47. The molecular weight excluding hydrogens is 546 g/mol. The Bertz CT molecular complexity index is 1490. The maximum Gasteiger partial charge on any atom is 0.320 e. The lowest BCUT2D eigenvalue weighted by Gasteiger charge is -2.49. The van der Waals surface area contributed by atoms with Crippen molar-refractivity contribution in [1.29, 1.82) is 0 Å². The summed E-state index contributed by atoms with van der Waals surface area (Å²) in [5, 5.41) is 3.45. The van der Waals surface area contributed by atoms with Gasteiger partial charge >= 0.3 is 6.03 Å². The molecule has 1 aliphatic carbocycles. The highest BCUT2D eigenvalue weighted by atomic mass is 19.1. The molecule has 1 N–H and O–H groups in total. The van der Waals surface area contributed by atoms with E-state index in [1.54, 1.807) is 11.0 Å². The van der Waals surface area contributed by atoms with Crippen molar-refractivity contribution in [2.24, 2.45) is 11.3 Å². The number of benzene rings is 2. The zero-order chi connectivity index (χ0) is 30.0. The van der Waals surface area contributed by atoms with Gasteiger partial charge in [0.2, 0.25) is 0 Å². The molecule has 3 fully saturated rings. The lowest BCUT2D eigenvalue weighted by Crippen LogP contribution is -2.57. The molecule has 3 heterocycles. The minimum Gasteiger partial charge on any atom is -0.324 e. The summed E-state index contributed by atoms with van der Waals surface area (Å²) >= 11 is 0. The van der Waals surface area contributed by atoms with E-state index in [-0.39, 0.29) is 34.5 Å². The van der Waals surface area contributed by atoms with Crippen molar-refractivity contribution in [3.05, 3.63) is 94.4 Å². The number of hydrogen-bond acceptors (Lipinski definition) is 3. The summed E-state index contributed by atoms with van der Waals surface area (Å²) in [4.78, 5) is 31.1. The normalized spacial score (nSPS) is 23.6. The van der Waals surface area contributed by atoms with E-state index in [2.05, 4.69) is 5.32 Å². The van der Waals surface area contributed by atoms with Crippen molar-refractivity contribution in [1.82, 2.24) is 19.7 Å². The van der Waals surface area contributed by atoms with Crippen LogP contribution in [0.4, 0.5) is 13.6 Å². The number of carbonyl (C=O) groups excluding carboxylic acids is 1. The monoisotopic (exact) mass is 588 g/mol. The molecule has 6 rings (SSSR count). The average Bonchev–Trinajstić information content (AvgIpc) is 3.49. The number of amides is 2. The fraction of sp³-hybridized carbons (Fsp3) is 0.486. The molecule has 2 saturated heterocycles. The molecule has 1 spiro atoms. The van der Waals surface area contributed by atoms with Gasteiger partial charge in [0.25, 0.3) is 5.56 Å². The molecule has 228 valence electrons. The SMILES string of the molecule is CCN[C@@H]1CCN(C(=O)N2CC[C@@H](Cn3ccc(-c4ccccc4)cc3=O)C3(CCCC3)C2)[C@H](c2cc(F)ccc2F)C1. The molecule has 3 aliphatic rings. The second kappa shape index (κ2) is 12.6. The number of rotatable bonds is 6. The van der Waals surface area contributed by atoms with Crippen LogP contribution in [-0.2, 0) is 6.54 Å². The van der Waals surface area contributed by atoms with Crippen molar-refractivity contribution < 1.29 is 13.6 Å². The minimum absolute atomic E-state index is 0.00322. The number of nitrogens with one attached hydrogen (secondary N) is 1. The first-order valence-electron chi connectivity index (χ1n) is 15.9. The molecule has 1 saturated carbocycles. The van der Waals surface area contributed by atoms with Gasteiger partial charge in [-0.1, -0.05) is 50.1 Å². The van der Waals surface area contributed by atoms with Crippen LogP contribution in [0.1, 0.15) is 63.5 Å². The zero-order valence-corrected chi connectivity index (χ0v) is 25.0. The predicted octanol–water partition coefficient (Wildman–Crippen LogP) is 6.61. The maximum absolute atomic E-state index is 15.0. The van der Waals surface area contributed by atoms with Gasteiger partial charge < -0.3 is 19.7 Å². The molecule has 0 radical (unpaired) electrons. The van der Waals surface area contributed by atoms with E-state index >= 15 is 4.39 Å². The first kappa shape index (κ1) is 29.5. The Hall–Kier alpha value is -3.52. The minimum atomic E-state index is -0.528. The molecule has 0 unspecified atom stereocenters. The van der Waals surface area contributed by atoms with Crippen LogP contribution in [0.15, 0.2) is 71.7 Å². The second-order valence-corrected chi connectivity index (χ2v) is 12.7. The first-order valence-corrected chi connectivity index (χ1v) is 15.9. The lowest BCUT2D eigenvalue weighted by atomic mass is 9.69. The Labute approximate surface area is 252 Å². The molecule has 8 heteroatoms. The number of piperidine rings is 2. The molecule has 3 aromatic rings. The summed E-state index contributed by atoms with van der Waals surface area (Å²) in [7, 11) is 0. The third-order valence-corrected chi connectivity index (χ3v) is 10.2. The van der Waals surface area contributed by atoms with Gasteiger partial charge in [0.1, 0.15) is 11.6 Å². The van der Waals surface area contributed by atoms with Crippen molar-refractivity contribution in [2.75, 3.05) is 26.2 Å². The molecule has 2 aromatic carbocycles. The van der Waals surface area contributed by atoms with Crippen LogP contribution in [0.3, 0.4) is 0 Å². The molecule has 6 nitrogen and oxygen atoms in total. The van der Waals surface area contributed by atoms with Gasteiger partial charge in [-0.3, -0.25) is 4.79 Å². The van der Waals surface area contributed by atoms with Crippen LogP contribution in [-0.4, -0.2) is 52.6 Å². The van der Waals surface area contributed by atoms with Gasteiger partial charge in [0, 0.05) is 50.0 Å². The van der Waals surface area contributed by atoms with E-state index in [1.165, 1.54) is 6.07 Å². The third kappa shape index (κ3) is 6.12. The molecule has 2 amide bonds. The summed E-state index contributed by atoms with van der Waals surface area (Å²) in [6.07, 6.45) is 8.34. The van der Waals surface area contributed by atoms with Crippen molar-refractivity contribution >= 4 is 6.03 Å². The molecular formula is C35H42F2N4O2. The number of pyridine rings is 1. The van der Waals surface area contributed by atoms with Gasteiger partial charge in [-0.05, 0) is 85.4 Å². The average molecular weight is 589 g/mol. The van der Waals surface area contributed by atoms with Gasteiger partial charge in [0.15, 0.2) is 0 Å². The zero-order valence-electron chi connectivity index (χ0n) is 25.0. The standard InChI is InChI=1S/C35H42F2N4O2/c1-2-38-29-14-19-41(32(22-29)30-21-28(36)10-11-31(30)37)34(43)40-18-13-27(35(24-40)15-6-7-16-35)23-39-17-12-26(20-33(39)42)25-8-4-3-5-9-25/h3-5,8-12,17,20-21,27,29,32,38H,2,6-7,13-16,18-19,22-24H2,1H3/t27-,29+,32-/m0/s1. The number of carbonyl (C=O) groups is 1. The summed E-state index contributed by atoms with van der Waals surface area (Å²) in [6, 6.07) is 16.7. The Kier molecular flexibility index (Phi) is 8.66. The highest BCUT2D eigenvalue weighted by Crippen LogP contribution is 2.49. The number of nitrogens with zero attached hydrogens (tertiary/aromatic N) is 3. The van der Waals surface area contributed by atoms with E-state index in [0.717, 1.165) is 68.3 Å². The molecule has 2 aliphatic heterocycles. The van der Waals surface area contributed by atoms with Crippen LogP contribution in [0.25, 0.3) is 11.1 Å². The highest BCUT2D eigenvalue weighted by molar-refractivity contribution is 5.75. The van der Waals surface area contributed by atoms with Crippen LogP contribution < -0.4 is 10.9 Å². The molecule has 0 bridgehead atoms. The number of aromatic nitrogens is 1. The smallest absolute Gasteiger partial charge is 0.320 e. The van der Waals surface area contributed by atoms with E-state index in [4.69, 9.17) is 0 Å². The fourth-order valence-electron chi connectivity index (χ4n) is 7.92. The van der Waals surface area contributed by atoms with Crippen LogP contribution >= 0.6 is 0 Å². The summed E-state index contributed by atoms with van der Waals surface area (Å²) < 4.78 is 31.1.